The van der Waals surface area contributed by atoms with Crippen LogP contribution in [0, 0.1) is 11.3 Å². The van der Waals surface area contributed by atoms with Gasteiger partial charge in [-0.05, 0) is 30.5 Å². The number of fused-ring (bicyclic) bond motifs is 1. The maximum atomic E-state index is 9.05. The average molecular weight is 418 g/mol. The highest BCUT2D eigenvalue weighted by Gasteiger charge is 2.12. The second-order valence-corrected chi connectivity index (χ2v) is 7.04. The highest BCUT2D eigenvalue weighted by atomic mass is 35.5. The molecule has 30 heavy (non-hydrogen) atoms. The van der Waals surface area contributed by atoms with Crippen molar-refractivity contribution in [1.29, 1.82) is 5.26 Å². The Morgan fingerprint density at radius 2 is 1.87 bits per heavy atom. The summed E-state index contributed by atoms with van der Waals surface area (Å²) in [6.07, 6.45) is 0. The average Bonchev–Trinajstić information content (AvgIpc) is 3.18. The Kier molecular flexibility index (Phi) is 5.87. The van der Waals surface area contributed by atoms with Crippen molar-refractivity contribution < 1.29 is 9.47 Å². The quantitative estimate of drug-likeness (QED) is 0.386. The van der Waals surface area contributed by atoms with E-state index in [0.717, 1.165) is 22.0 Å². The van der Waals surface area contributed by atoms with Gasteiger partial charge in [0.15, 0.2) is 0 Å². The van der Waals surface area contributed by atoms with Crippen LogP contribution in [0.4, 0.5) is 0 Å². The van der Waals surface area contributed by atoms with Crippen LogP contribution in [0.2, 0.25) is 5.02 Å². The SMILES string of the molecule is CCOc1cc(-c2ccccc2)nn1CCOc1ccc2cc(C#N)ccc2c1Cl. The minimum atomic E-state index is 0.386. The Hall–Kier alpha value is -3.49. The first kappa shape index (κ1) is 19.8. The van der Waals surface area contributed by atoms with Gasteiger partial charge in [-0.25, -0.2) is 4.68 Å². The zero-order chi connectivity index (χ0) is 20.9. The number of hydrogen-bond donors (Lipinski definition) is 0. The fraction of sp³-hybridized carbons (Fsp3) is 0.167. The minimum Gasteiger partial charge on any atom is -0.490 e. The van der Waals surface area contributed by atoms with Crippen molar-refractivity contribution in [2.75, 3.05) is 13.2 Å². The Labute approximate surface area is 180 Å². The van der Waals surface area contributed by atoms with E-state index in [1.165, 1.54) is 0 Å². The van der Waals surface area contributed by atoms with E-state index in [9.17, 15) is 0 Å². The summed E-state index contributed by atoms with van der Waals surface area (Å²) in [6, 6.07) is 23.2. The molecule has 0 aliphatic rings. The third-order valence-electron chi connectivity index (χ3n) is 4.71. The van der Waals surface area contributed by atoms with Gasteiger partial charge in [0.1, 0.15) is 12.4 Å². The molecule has 0 bridgehead atoms. The van der Waals surface area contributed by atoms with Gasteiger partial charge in [-0.1, -0.05) is 54.1 Å². The summed E-state index contributed by atoms with van der Waals surface area (Å²) in [5.41, 5.74) is 2.49. The van der Waals surface area contributed by atoms with Gasteiger partial charge in [0.2, 0.25) is 5.88 Å². The third kappa shape index (κ3) is 4.10. The molecule has 0 aliphatic carbocycles. The lowest BCUT2D eigenvalue weighted by Gasteiger charge is -2.12. The number of nitriles is 1. The third-order valence-corrected chi connectivity index (χ3v) is 5.10. The molecule has 0 N–H and O–H groups in total. The molecule has 0 atom stereocenters. The lowest BCUT2D eigenvalue weighted by Crippen LogP contribution is -2.11. The summed E-state index contributed by atoms with van der Waals surface area (Å²) in [4.78, 5) is 0. The second-order valence-electron chi connectivity index (χ2n) is 6.66. The summed E-state index contributed by atoms with van der Waals surface area (Å²) in [5.74, 6) is 1.30. The van der Waals surface area contributed by atoms with E-state index in [1.54, 1.807) is 10.7 Å². The summed E-state index contributed by atoms with van der Waals surface area (Å²) in [5, 5.41) is 16.0. The number of ether oxygens (including phenoxy) is 2. The van der Waals surface area contributed by atoms with Crippen LogP contribution in [0.15, 0.2) is 66.7 Å². The van der Waals surface area contributed by atoms with Crippen molar-refractivity contribution >= 4 is 22.4 Å². The highest BCUT2D eigenvalue weighted by Crippen LogP contribution is 2.33. The van der Waals surface area contributed by atoms with Crippen molar-refractivity contribution in [3.8, 4) is 29.0 Å². The molecule has 3 aromatic carbocycles. The molecule has 0 spiro atoms. The molecule has 6 heteroatoms. The van der Waals surface area contributed by atoms with Gasteiger partial charge in [-0.2, -0.15) is 10.4 Å². The van der Waals surface area contributed by atoms with Gasteiger partial charge in [-0.15, -0.1) is 0 Å². The molecule has 0 unspecified atom stereocenters. The normalized spacial score (nSPS) is 10.7. The zero-order valence-electron chi connectivity index (χ0n) is 16.5. The zero-order valence-corrected chi connectivity index (χ0v) is 17.3. The topological polar surface area (TPSA) is 60.1 Å². The van der Waals surface area contributed by atoms with Crippen LogP contribution >= 0.6 is 11.6 Å². The van der Waals surface area contributed by atoms with E-state index in [2.05, 4.69) is 11.2 Å². The standard InChI is InChI=1S/C24H20ClN3O2/c1-2-29-23-15-21(18-6-4-3-5-7-18)27-28(23)12-13-30-22-11-9-19-14-17(16-26)8-10-20(19)24(22)25/h3-11,14-15H,2,12-13H2,1H3. The molecule has 5 nitrogen and oxygen atoms in total. The molecule has 0 fully saturated rings. The molecule has 1 aromatic heterocycles. The molecule has 1 heterocycles. The first-order chi connectivity index (χ1) is 14.7. The lowest BCUT2D eigenvalue weighted by atomic mass is 10.1. The van der Waals surface area contributed by atoms with Crippen LogP contribution in [0.25, 0.3) is 22.0 Å². The number of hydrogen-bond acceptors (Lipinski definition) is 4. The maximum absolute atomic E-state index is 9.05. The molecule has 4 aromatic rings. The first-order valence-corrected chi connectivity index (χ1v) is 10.1. The fourth-order valence-electron chi connectivity index (χ4n) is 3.27. The predicted molar refractivity (Wildman–Crippen MR) is 118 cm³/mol. The first-order valence-electron chi connectivity index (χ1n) is 9.71. The molecule has 0 amide bonds. The van der Waals surface area contributed by atoms with Crippen molar-refractivity contribution in [2.24, 2.45) is 0 Å². The van der Waals surface area contributed by atoms with Crippen LogP contribution < -0.4 is 9.47 Å². The molecular formula is C24H20ClN3O2. The van der Waals surface area contributed by atoms with Crippen LogP contribution in [0.5, 0.6) is 11.6 Å². The van der Waals surface area contributed by atoms with Gasteiger partial charge in [0.25, 0.3) is 0 Å². The molecule has 0 aliphatic heterocycles. The molecule has 4 rings (SSSR count). The number of benzene rings is 3. The highest BCUT2D eigenvalue weighted by molar-refractivity contribution is 6.37. The van der Waals surface area contributed by atoms with Gasteiger partial charge in [-0.3, -0.25) is 0 Å². The summed E-state index contributed by atoms with van der Waals surface area (Å²) in [7, 11) is 0. The van der Waals surface area contributed by atoms with Crippen molar-refractivity contribution in [1.82, 2.24) is 9.78 Å². The van der Waals surface area contributed by atoms with Crippen LogP contribution in [0.3, 0.4) is 0 Å². The van der Waals surface area contributed by atoms with E-state index in [4.69, 9.17) is 26.3 Å². The summed E-state index contributed by atoms with van der Waals surface area (Å²) in [6.45, 7) is 3.41. The molecule has 0 radical (unpaired) electrons. The van der Waals surface area contributed by atoms with E-state index < -0.39 is 0 Å². The maximum Gasteiger partial charge on any atom is 0.212 e. The van der Waals surface area contributed by atoms with Gasteiger partial charge in [0, 0.05) is 17.0 Å². The molecular weight excluding hydrogens is 398 g/mol. The van der Waals surface area contributed by atoms with Crippen molar-refractivity contribution in [3.63, 3.8) is 0 Å². The number of halogens is 1. The Balaban J connectivity index is 1.51. The molecule has 150 valence electrons. The number of nitrogens with zero attached hydrogens (tertiary/aromatic N) is 3. The van der Waals surface area contributed by atoms with Crippen molar-refractivity contribution in [2.45, 2.75) is 13.5 Å². The Morgan fingerprint density at radius 1 is 1.03 bits per heavy atom. The van der Waals surface area contributed by atoms with Gasteiger partial charge >= 0.3 is 0 Å². The summed E-state index contributed by atoms with van der Waals surface area (Å²) < 4.78 is 13.5. The smallest absolute Gasteiger partial charge is 0.212 e. The number of rotatable bonds is 7. The largest absolute Gasteiger partial charge is 0.490 e. The lowest BCUT2D eigenvalue weighted by molar-refractivity contribution is 0.260. The van der Waals surface area contributed by atoms with E-state index >= 15 is 0 Å². The predicted octanol–water partition coefficient (Wildman–Crippen LogP) is 5.71. The van der Waals surface area contributed by atoms with E-state index in [0.29, 0.717) is 42.0 Å². The second kappa shape index (κ2) is 8.89. The van der Waals surface area contributed by atoms with E-state index in [1.807, 2.05) is 67.6 Å². The fourth-order valence-corrected chi connectivity index (χ4v) is 3.56. The van der Waals surface area contributed by atoms with E-state index in [-0.39, 0.29) is 0 Å². The van der Waals surface area contributed by atoms with Crippen LogP contribution in [-0.2, 0) is 6.54 Å². The Bertz CT molecular complexity index is 1210. The summed E-state index contributed by atoms with van der Waals surface area (Å²) >= 11 is 6.53. The van der Waals surface area contributed by atoms with Crippen molar-refractivity contribution in [3.05, 3.63) is 77.3 Å². The monoisotopic (exact) mass is 417 g/mol. The molecule has 0 saturated carbocycles. The van der Waals surface area contributed by atoms with Gasteiger partial charge < -0.3 is 9.47 Å². The number of aromatic nitrogens is 2. The minimum absolute atomic E-state index is 0.386. The van der Waals surface area contributed by atoms with Crippen LogP contribution in [-0.4, -0.2) is 23.0 Å². The van der Waals surface area contributed by atoms with Crippen LogP contribution in [0.1, 0.15) is 12.5 Å². The van der Waals surface area contributed by atoms with Gasteiger partial charge in [0.05, 0.1) is 35.5 Å². The molecule has 0 saturated heterocycles. The Morgan fingerprint density at radius 3 is 2.63 bits per heavy atom.